The second kappa shape index (κ2) is 9.25. The van der Waals surface area contributed by atoms with Crippen molar-refractivity contribution >= 4 is 21.7 Å². The summed E-state index contributed by atoms with van der Waals surface area (Å²) in [5, 5.41) is 0. The third kappa shape index (κ3) is 5.66. The second-order valence-corrected chi connectivity index (χ2v) is 9.76. The van der Waals surface area contributed by atoms with Crippen molar-refractivity contribution in [2.75, 3.05) is 51.3 Å². The van der Waals surface area contributed by atoms with E-state index in [0.29, 0.717) is 32.6 Å². The minimum atomic E-state index is -3.06. The number of carbonyl (C=O) groups excluding carboxylic acids is 2. The number of sulfone groups is 1. The number of carbonyl (C=O) groups is 2. The van der Waals surface area contributed by atoms with E-state index >= 15 is 0 Å². The molecule has 30 heavy (non-hydrogen) atoms. The van der Waals surface area contributed by atoms with Crippen LogP contribution in [0.1, 0.15) is 16.8 Å². The summed E-state index contributed by atoms with van der Waals surface area (Å²) in [5.74, 6) is -0.384. The molecule has 0 spiro atoms. The molecule has 3 rings (SSSR count). The molecule has 0 aromatic heterocycles. The number of piperazine rings is 1. The molecule has 1 atom stereocenters. The first-order chi connectivity index (χ1) is 14.1. The van der Waals surface area contributed by atoms with E-state index in [2.05, 4.69) is 4.74 Å². The van der Waals surface area contributed by atoms with Crippen LogP contribution in [0.2, 0.25) is 0 Å². The van der Waals surface area contributed by atoms with Gasteiger partial charge in [0.15, 0.2) is 9.84 Å². The molecule has 166 valence electrons. The number of benzene rings is 1. The molecule has 1 aromatic rings. The van der Waals surface area contributed by atoms with Gasteiger partial charge in [-0.1, -0.05) is 6.07 Å². The van der Waals surface area contributed by atoms with Crippen molar-refractivity contribution in [2.24, 2.45) is 0 Å². The third-order valence-corrected chi connectivity index (χ3v) is 7.22. The lowest BCUT2D eigenvalue weighted by Gasteiger charge is -2.35. The smallest absolute Gasteiger partial charge is 0.387 e. The number of alkyl halides is 2. The third-order valence-electron chi connectivity index (χ3n) is 5.47. The van der Waals surface area contributed by atoms with E-state index in [1.165, 1.54) is 23.1 Å². The molecular formula is C19H25F2N3O5S. The molecule has 2 saturated heterocycles. The zero-order valence-electron chi connectivity index (χ0n) is 16.7. The summed E-state index contributed by atoms with van der Waals surface area (Å²) in [7, 11) is -1.44. The summed E-state index contributed by atoms with van der Waals surface area (Å²) in [4.78, 5) is 30.2. The van der Waals surface area contributed by atoms with Gasteiger partial charge in [-0.15, -0.1) is 0 Å². The number of amides is 2. The topological polar surface area (TPSA) is 87.2 Å². The van der Waals surface area contributed by atoms with E-state index in [1.54, 1.807) is 18.0 Å². The van der Waals surface area contributed by atoms with Gasteiger partial charge in [-0.3, -0.25) is 14.5 Å². The van der Waals surface area contributed by atoms with Crippen molar-refractivity contribution in [1.29, 1.82) is 0 Å². The Balaban J connectivity index is 1.50. The SMILES string of the molecule is CN(C(=O)CN1CCN(C(=O)c2cccc(OC(F)F)c2)CC1)C1CCS(=O)(=O)C1. The van der Waals surface area contributed by atoms with Crippen LogP contribution in [0.15, 0.2) is 24.3 Å². The van der Waals surface area contributed by atoms with Crippen LogP contribution in [0.25, 0.3) is 0 Å². The lowest BCUT2D eigenvalue weighted by molar-refractivity contribution is -0.133. The van der Waals surface area contributed by atoms with Crippen molar-refractivity contribution in [3.8, 4) is 5.75 Å². The van der Waals surface area contributed by atoms with E-state index in [9.17, 15) is 26.8 Å². The predicted octanol–water partition coefficient (Wildman–Crippen LogP) is 0.691. The Bertz CT molecular complexity index is 888. The van der Waals surface area contributed by atoms with Gasteiger partial charge in [-0.05, 0) is 24.6 Å². The molecule has 2 aliphatic heterocycles. The molecule has 0 bridgehead atoms. The number of halogens is 2. The van der Waals surface area contributed by atoms with Gasteiger partial charge in [-0.2, -0.15) is 8.78 Å². The van der Waals surface area contributed by atoms with Gasteiger partial charge in [0, 0.05) is 44.8 Å². The summed E-state index contributed by atoms with van der Waals surface area (Å²) in [6.07, 6.45) is 0.460. The Kier molecular flexibility index (Phi) is 6.91. The summed E-state index contributed by atoms with van der Waals surface area (Å²) >= 11 is 0. The Labute approximate surface area is 174 Å². The van der Waals surface area contributed by atoms with Gasteiger partial charge < -0.3 is 14.5 Å². The number of nitrogens with zero attached hydrogens (tertiary/aromatic N) is 3. The average Bonchev–Trinajstić information content (AvgIpc) is 3.07. The van der Waals surface area contributed by atoms with Crippen molar-refractivity contribution in [1.82, 2.24) is 14.7 Å². The van der Waals surface area contributed by atoms with Crippen LogP contribution in [0.5, 0.6) is 5.75 Å². The maximum absolute atomic E-state index is 12.6. The highest BCUT2D eigenvalue weighted by molar-refractivity contribution is 7.91. The minimum Gasteiger partial charge on any atom is -0.435 e. The lowest BCUT2D eigenvalue weighted by Crippen LogP contribution is -2.52. The van der Waals surface area contributed by atoms with Crippen LogP contribution >= 0.6 is 0 Å². The molecule has 0 aliphatic carbocycles. The number of rotatable bonds is 6. The maximum atomic E-state index is 12.6. The molecule has 2 heterocycles. The van der Waals surface area contributed by atoms with Crippen LogP contribution in [-0.2, 0) is 14.6 Å². The minimum absolute atomic E-state index is 0.00581. The van der Waals surface area contributed by atoms with Crippen LogP contribution in [0, 0.1) is 0 Å². The summed E-state index contributed by atoms with van der Waals surface area (Å²) < 4.78 is 52.3. The molecule has 2 aliphatic rings. The number of hydrogen-bond donors (Lipinski definition) is 0. The highest BCUT2D eigenvalue weighted by Gasteiger charge is 2.33. The van der Waals surface area contributed by atoms with Gasteiger partial charge in [-0.25, -0.2) is 8.42 Å². The van der Waals surface area contributed by atoms with Gasteiger partial charge in [0.2, 0.25) is 5.91 Å². The van der Waals surface area contributed by atoms with Gasteiger partial charge >= 0.3 is 6.61 Å². The van der Waals surface area contributed by atoms with Crippen molar-refractivity contribution in [2.45, 2.75) is 19.1 Å². The Morgan fingerprint density at radius 3 is 2.53 bits per heavy atom. The molecule has 1 unspecified atom stereocenters. The van der Waals surface area contributed by atoms with Crippen LogP contribution < -0.4 is 4.74 Å². The standard InChI is InChI=1S/C19H25F2N3O5S/c1-22(15-5-10-30(27,28)13-15)17(25)12-23-6-8-24(9-7-23)18(26)14-3-2-4-16(11-14)29-19(20)21/h2-4,11,15,19H,5-10,12-13H2,1H3. The van der Waals surface area contributed by atoms with E-state index in [1.807, 2.05) is 4.90 Å². The quantitative estimate of drug-likeness (QED) is 0.641. The molecule has 1 aromatic carbocycles. The van der Waals surface area contributed by atoms with Crippen LogP contribution in [-0.4, -0.2) is 98.9 Å². The van der Waals surface area contributed by atoms with Crippen molar-refractivity contribution in [3.05, 3.63) is 29.8 Å². The molecule has 0 radical (unpaired) electrons. The van der Waals surface area contributed by atoms with E-state index in [4.69, 9.17) is 0 Å². The molecule has 0 N–H and O–H groups in total. The highest BCUT2D eigenvalue weighted by Crippen LogP contribution is 2.19. The fourth-order valence-corrected chi connectivity index (χ4v) is 5.46. The molecule has 8 nitrogen and oxygen atoms in total. The number of likely N-dealkylation sites (N-methyl/N-ethyl adjacent to an activating group) is 1. The van der Waals surface area contributed by atoms with Crippen molar-refractivity contribution < 1.29 is 31.5 Å². The fourth-order valence-electron chi connectivity index (χ4n) is 3.68. The van der Waals surface area contributed by atoms with Crippen LogP contribution in [0.4, 0.5) is 8.78 Å². The summed E-state index contributed by atoms with van der Waals surface area (Å²) in [5.41, 5.74) is 0.264. The zero-order valence-corrected chi connectivity index (χ0v) is 17.5. The molecule has 11 heteroatoms. The molecule has 2 amide bonds. The van der Waals surface area contributed by atoms with Crippen molar-refractivity contribution in [3.63, 3.8) is 0 Å². The highest BCUT2D eigenvalue weighted by atomic mass is 32.2. The van der Waals surface area contributed by atoms with E-state index in [-0.39, 0.29) is 47.2 Å². The molecule has 0 saturated carbocycles. The maximum Gasteiger partial charge on any atom is 0.387 e. The lowest BCUT2D eigenvalue weighted by atomic mass is 10.1. The predicted molar refractivity (Wildman–Crippen MR) is 105 cm³/mol. The first kappa shape index (κ1) is 22.4. The fraction of sp³-hybridized carbons (Fsp3) is 0.579. The van der Waals surface area contributed by atoms with E-state index in [0.717, 1.165) is 0 Å². The van der Waals surface area contributed by atoms with Crippen LogP contribution in [0.3, 0.4) is 0 Å². The molecule has 2 fully saturated rings. The first-order valence-corrected chi connectivity index (χ1v) is 11.5. The monoisotopic (exact) mass is 445 g/mol. The summed E-state index contributed by atoms with van der Waals surface area (Å²) in [6.45, 7) is -1.03. The van der Waals surface area contributed by atoms with Gasteiger partial charge in [0.1, 0.15) is 5.75 Å². The molecular weight excluding hydrogens is 420 g/mol. The Morgan fingerprint density at radius 1 is 1.23 bits per heavy atom. The normalized spacial score (nSPS) is 21.6. The average molecular weight is 445 g/mol. The second-order valence-electron chi connectivity index (χ2n) is 7.54. The Morgan fingerprint density at radius 2 is 1.93 bits per heavy atom. The number of ether oxygens (including phenoxy) is 1. The van der Waals surface area contributed by atoms with Gasteiger partial charge in [0.25, 0.3) is 5.91 Å². The Hall–Kier alpha value is -2.27. The zero-order chi connectivity index (χ0) is 21.9. The number of hydrogen-bond acceptors (Lipinski definition) is 6. The summed E-state index contributed by atoms with van der Waals surface area (Å²) in [6, 6.07) is 5.39. The van der Waals surface area contributed by atoms with Gasteiger partial charge in [0.05, 0.1) is 18.1 Å². The largest absolute Gasteiger partial charge is 0.435 e. The van der Waals surface area contributed by atoms with E-state index < -0.39 is 16.4 Å². The first-order valence-electron chi connectivity index (χ1n) is 9.67.